The number of nitrogens with zero attached hydrogens (tertiary/aromatic N) is 2. The topological polar surface area (TPSA) is 84.2 Å². The smallest absolute Gasteiger partial charge is 0.274 e. The normalized spacial score (nSPS) is 11.9. The molecule has 6 nitrogen and oxygen atoms in total. The van der Waals surface area contributed by atoms with Crippen LogP contribution in [0.5, 0.6) is 0 Å². The highest BCUT2D eigenvalue weighted by molar-refractivity contribution is 6.04. The van der Waals surface area contributed by atoms with Crippen LogP contribution in [0.3, 0.4) is 0 Å². The number of hydrogen-bond donors (Lipinski definition) is 2. The van der Waals surface area contributed by atoms with Gasteiger partial charge in [0.05, 0.1) is 5.39 Å². The van der Waals surface area contributed by atoms with Crippen molar-refractivity contribution in [3.05, 3.63) is 40.3 Å². The second-order valence-corrected chi connectivity index (χ2v) is 7.60. The molecular formula is C19H27N3O3. The molecule has 1 aromatic carbocycles. The van der Waals surface area contributed by atoms with Crippen LogP contribution in [0.15, 0.2) is 29.1 Å². The summed E-state index contributed by atoms with van der Waals surface area (Å²) >= 11 is 0. The Labute approximate surface area is 147 Å². The van der Waals surface area contributed by atoms with Gasteiger partial charge in [-0.25, -0.2) is 4.68 Å². The Morgan fingerprint density at radius 2 is 1.92 bits per heavy atom. The predicted molar refractivity (Wildman–Crippen MR) is 98.7 cm³/mol. The van der Waals surface area contributed by atoms with Crippen molar-refractivity contribution in [1.82, 2.24) is 15.1 Å². The monoisotopic (exact) mass is 345 g/mol. The van der Waals surface area contributed by atoms with E-state index in [-0.39, 0.29) is 35.1 Å². The molecule has 25 heavy (non-hydrogen) atoms. The van der Waals surface area contributed by atoms with E-state index in [0.717, 1.165) is 0 Å². The summed E-state index contributed by atoms with van der Waals surface area (Å²) < 4.78 is 1.38. The third-order valence-corrected chi connectivity index (χ3v) is 4.14. The fourth-order valence-corrected chi connectivity index (χ4v) is 2.67. The van der Waals surface area contributed by atoms with E-state index in [4.69, 9.17) is 5.11 Å². The van der Waals surface area contributed by atoms with Gasteiger partial charge in [0, 0.05) is 25.1 Å². The molecule has 2 rings (SSSR count). The van der Waals surface area contributed by atoms with Gasteiger partial charge in [-0.05, 0) is 23.8 Å². The number of nitrogens with one attached hydrogen (secondary N) is 1. The van der Waals surface area contributed by atoms with E-state index in [1.165, 1.54) is 4.68 Å². The summed E-state index contributed by atoms with van der Waals surface area (Å²) in [4.78, 5) is 25.3. The summed E-state index contributed by atoms with van der Waals surface area (Å²) in [5, 5.41) is 17.4. The van der Waals surface area contributed by atoms with Crippen molar-refractivity contribution in [2.75, 3.05) is 13.2 Å². The van der Waals surface area contributed by atoms with E-state index in [1.807, 2.05) is 27.7 Å². The Hall–Kier alpha value is -2.21. The molecule has 136 valence electrons. The zero-order valence-corrected chi connectivity index (χ0v) is 15.4. The number of benzene rings is 1. The molecule has 1 aromatic heterocycles. The molecule has 1 heterocycles. The third kappa shape index (κ3) is 4.66. The summed E-state index contributed by atoms with van der Waals surface area (Å²) in [6.07, 6.45) is 0.592. The van der Waals surface area contributed by atoms with Gasteiger partial charge >= 0.3 is 0 Å². The number of carbonyl (C=O) groups is 1. The van der Waals surface area contributed by atoms with E-state index < -0.39 is 0 Å². The second-order valence-electron chi connectivity index (χ2n) is 7.60. The fraction of sp³-hybridized carbons (Fsp3) is 0.526. The van der Waals surface area contributed by atoms with Gasteiger partial charge in [-0.3, -0.25) is 9.59 Å². The fourth-order valence-electron chi connectivity index (χ4n) is 2.67. The number of carbonyl (C=O) groups excluding carboxylic acids is 1. The van der Waals surface area contributed by atoms with Crippen molar-refractivity contribution in [1.29, 1.82) is 0 Å². The van der Waals surface area contributed by atoms with Crippen molar-refractivity contribution < 1.29 is 9.90 Å². The number of aliphatic hydroxyl groups is 1. The van der Waals surface area contributed by atoms with Crippen molar-refractivity contribution in [3.63, 3.8) is 0 Å². The Balaban J connectivity index is 2.40. The van der Waals surface area contributed by atoms with E-state index in [1.54, 1.807) is 24.3 Å². The van der Waals surface area contributed by atoms with Crippen molar-refractivity contribution in [2.45, 2.75) is 40.7 Å². The van der Waals surface area contributed by atoms with Gasteiger partial charge in [0.25, 0.3) is 11.5 Å². The number of amides is 1. The lowest BCUT2D eigenvalue weighted by molar-refractivity contribution is 0.0922. The Morgan fingerprint density at radius 1 is 1.28 bits per heavy atom. The molecule has 0 saturated heterocycles. The van der Waals surface area contributed by atoms with E-state index >= 15 is 0 Å². The SMILES string of the molecule is CC(C)Cn1nc(C(=O)NCC(C)(C)CCO)c2ccccc2c1=O. The highest BCUT2D eigenvalue weighted by Gasteiger charge is 2.21. The van der Waals surface area contributed by atoms with Gasteiger partial charge in [-0.1, -0.05) is 45.9 Å². The standard InChI is InChI=1S/C19H27N3O3/c1-13(2)11-22-18(25)15-8-6-5-7-14(15)16(21-22)17(24)20-12-19(3,4)9-10-23/h5-8,13,23H,9-12H2,1-4H3,(H,20,24). The molecule has 0 aliphatic rings. The van der Waals surface area contributed by atoms with Crippen LogP contribution < -0.4 is 10.9 Å². The molecule has 0 spiro atoms. The first kappa shape index (κ1) is 19.1. The zero-order chi connectivity index (χ0) is 18.6. The van der Waals surface area contributed by atoms with Gasteiger partial charge in [0.1, 0.15) is 0 Å². The maximum Gasteiger partial charge on any atom is 0.274 e. The molecule has 6 heteroatoms. The summed E-state index contributed by atoms with van der Waals surface area (Å²) in [6, 6.07) is 7.05. The van der Waals surface area contributed by atoms with Gasteiger partial charge in [-0.15, -0.1) is 0 Å². The van der Waals surface area contributed by atoms with Gasteiger partial charge < -0.3 is 10.4 Å². The number of aromatic nitrogens is 2. The largest absolute Gasteiger partial charge is 0.396 e. The molecule has 2 aromatic rings. The lowest BCUT2D eigenvalue weighted by atomic mass is 9.90. The highest BCUT2D eigenvalue weighted by Crippen LogP contribution is 2.19. The van der Waals surface area contributed by atoms with Gasteiger partial charge in [-0.2, -0.15) is 5.10 Å². The minimum atomic E-state index is -0.306. The van der Waals surface area contributed by atoms with Crippen LogP contribution in [0.25, 0.3) is 10.8 Å². The Morgan fingerprint density at radius 3 is 2.52 bits per heavy atom. The van der Waals surface area contributed by atoms with E-state index in [2.05, 4.69) is 10.4 Å². The quantitative estimate of drug-likeness (QED) is 0.806. The summed E-state index contributed by atoms with van der Waals surface area (Å²) in [5.41, 5.74) is -0.135. The first-order chi connectivity index (χ1) is 11.7. The zero-order valence-electron chi connectivity index (χ0n) is 15.4. The molecular weight excluding hydrogens is 318 g/mol. The summed E-state index contributed by atoms with van der Waals surface area (Å²) in [6.45, 7) is 8.92. The van der Waals surface area contributed by atoms with Crippen LogP contribution in [0.1, 0.15) is 44.6 Å². The molecule has 0 bridgehead atoms. The van der Waals surface area contributed by atoms with Crippen LogP contribution in [-0.4, -0.2) is 33.9 Å². The molecule has 0 fully saturated rings. The maximum absolute atomic E-state index is 12.7. The Bertz CT molecular complexity index is 809. The third-order valence-electron chi connectivity index (χ3n) is 4.14. The average molecular weight is 345 g/mol. The Kier molecular flexibility index (Phi) is 5.95. The number of aliphatic hydroxyl groups excluding tert-OH is 1. The molecule has 0 atom stereocenters. The molecule has 0 aliphatic heterocycles. The molecule has 1 amide bonds. The van der Waals surface area contributed by atoms with Crippen LogP contribution >= 0.6 is 0 Å². The lowest BCUT2D eigenvalue weighted by Crippen LogP contribution is -2.36. The molecule has 0 unspecified atom stereocenters. The molecule has 0 aliphatic carbocycles. The molecule has 0 saturated carbocycles. The van der Waals surface area contributed by atoms with Crippen molar-refractivity contribution >= 4 is 16.7 Å². The highest BCUT2D eigenvalue weighted by atomic mass is 16.3. The number of rotatable bonds is 7. The minimum absolute atomic E-state index is 0.0727. The molecule has 2 N–H and O–H groups in total. The van der Waals surface area contributed by atoms with Gasteiger partial charge in [0.2, 0.25) is 0 Å². The van der Waals surface area contributed by atoms with Crippen molar-refractivity contribution in [2.24, 2.45) is 11.3 Å². The summed E-state index contributed by atoms with van der Waals surface area (Å²) in [5.74, 6) is -0.0644. The molecule has 0 radical (unpaired) electrons. The maximum atomic E-state index is 12.7. The second kappa shape index (κ2) is 7.78. The van der Waals surface area contributed by atoms with Crippen LogP contribution in [0.4, 0.5) is 0 Å². The number of hydrogen-bond acceptors (Lipinski definition) is 4. The van der Waals surface area contributed by atoms with E-state index in [0.29, 0.717) is 30.3 Å². The summed E-state index contributed by atoms with van der Waals surface area (Å²) in [7, 11) is 0. The lowest BCUT2D eigenvalue weighted by Gasteiger charge is -2.24. The predicted octanol–water partition coefficient (Wildman–Crippen LogP) is 2.19. The minimum Gasteiger partial charge on any atom is -0.396 e. The van der Waals surface area contributed by atoms with Crippen LogP contribution in [0.2, 0.25) is 0 Å². The van der Waals surface area contributed by atoms with Crippen molar-refractivity contribution in [3.8, 4) is 0 Å². The average Bonchev–Trinajstić information content (AvgIpc) is 2.55. The van der Waals surface area contributed by atoms with Crippen LogP contribution in [-0.2, 0) is 6.54 Å². The number of fused-ring (bicyclic) bond motifs is 1. The van der Waals surface area contributed by atoms with Gasteiger partial charge in [0.15, 0.2) is 5.69 Å². The first-order valence-electron chi connectivity index (χ1n) is 8.64. The first-order valence-corrected chi connectivity index (χ1v) is 8.64. The van der Waals surface area contributed by atoms with Crippen LogP contribution in [0, 0.1) is 11.3 Å². The van der Waals surface area contributed by atoms with E-state index in [9.17, 15) is 9.59 Å².